The predicted molar refractivity (Wildman–Crippen MR) is 56.5 cm³/mol. The molecule has 0 aromatic heterocycles. The number of nitrogens with one attached hydrogen (secondary N) is 1. The first-order chi connectivity index (χ1) is 5.83. The zero-order valence-corrected chi connectivity index (χ0v) is 8.84. The molecule has 1 unspecified atom stereocenters. The first-order valence-corrected chi connectivity index (χ1v) is 5.28. The van der Waals surface area contributed by atoms with Crippen molar-refractivity contribution in [3.05, 3.63) is 35.9 Å². The summed E-state index contributed by atoms with van der Waals surface area (Å²) in [5.74, 6) is 0. The van der Waals surface area contributed by atoms with Crippen LogP contribution in [0.3, 0.4) is 0 Å². The van der Waals surface area contributed by atoms with E-state index in [4.69, 9.17) is 0 Å². The second kappa shape index (κ2) is 5.33. The van der Waals surface area contributed by atoms with E-state index in [9.17, 15) is 0 Å². The van der Waals surface area contributed by atoms with Gasteiger partial charge in [-0.1, -0.05) is 46.3 Å². The van der Waals surface area contributed by atoms with Crippen molar-refractivity contribution in [1.29, 1.82) is 0 Å². The fourth-order valence-electron chi connectivity index (χ4n) is 1.17. The summed E-state index contributed by atoms with van der Waals surface area (Å²) in [7, 11) is 0. The molecule has 0 spiro atoms. The van der Waals surface area contributed by atoms with Gasteiger partial charge in [-0.05, 0) is 18.9 Å². The smallest absolute Gasteiger partial charge is 0.0519 e. The van der Waals surface area contributed by atoms with Gasteiger partial charge in [0.05, 0.1) is 5.45 Å². The van der Waals surface area contributed by atoms with Crippen molar-refractivity contribution >= 4 is 15.9 Å². The SMILES string of the molecule is CC(Cc1ccccc1)NCBr. The van der Waals surface area contributed by atoms with Crippen LogP contribution in [0.5, 0.6) is 0 Å². The molecule has 0 aliphatic heterocycles. The van der Waals surface area contributed by atoms with Gasteiger partial charge in [-0.25, -0.2) is 0 Å². The van der Waals surface area contributed by atoms with E-state index in [1.165, 1.54) is 5.56 Å². The maximum absolute atomic E-state index is 3.35. The average Bonchev–Trinajstić information content (AvgIpc) is 2.06. The summed E-state index contributed by atoms with van der Waals surface area (Å²) >= 11 is 3.35. The number of halogens is 1. The van der Waals surface area contributed by atoms with Crippen molar-refractivity contribution in [3.63, 3.8) is 0 Å². The quantitative estimate of drug-likeness (QED) is 0.616. The molecular formula is C10H14BrN. The summed E-state index contributed by atoms with van der Waals surface area (Å²) in [6, 6.07) is 11.1. The molecule has 1 atom stereocenters. The Morgan fingerprint density at radius 2 is 2.00 bits per heavy atom. The van der Waals surface area contributed by atoms with E-state index in [2.05, 4.69) is 52.4 Å². The summed E-state index contributed by atoms with van der Waals surface area (Å²) < 4.78 is 0. The van der Waals surface area contributed by atoms with Gasteiger partial charge in [0.25, 0.3) is 0 Å². The summed E-state index contributed by atoms with van der Waals surface area (Å²) in [6.07, 6.45) is 1.09. The van der Waals surface area contributed by atoms with E-state index in [0.29, 0.717) is 6.04 Å². The number of benzene rings is 1. The highest BCUT2D eigenvalue weighted by molar-refractivity contribution is 9.09. The monoisotopic (exact) mass is 227 g/mol. The third-order valence-corrected chi connectivity index (χ3v) is 2.13. The lowest BCUT2D eigenvalue weighted by Crippen LogP contribution is -2.26. The molecule has 1 nitrogen and oxygen atoms in total. The lowest BCUT2D eigenvalue weighted by atomic mass is 10.1. The maximum Gasteiger partial charge on any atom is 0.0519 e. The van der Waals surface area contributed by atoms with Crippen LogP contribution < -0.4 is 5.32 Å². The first kappa shape index (κ1) is 9.75. The summed E-state index contributed by atoms with van der Waals surface area (Å²) in [4.78, 5) is 0. The molecule has 66 valence electrons. The van der Waals surface area contributed by atoms with Crippen molar-refractivity contribution in [2.24, 2.45) is 0 Å². The van der Waals surface area contributed by atoms with Crippen molar-refractivity contribution in [1.82, 2.24) is 5.32 Å². The molecule has 0 amide bonds. The van der Waals surface area contributed by atoms with E-state index >= 15 is 0 Å². The van der Waals surface area contributed by atoms with Gasteiger partial charge in [0.2, 0.25) is 0 Å². The minimum atomic E-state index is 0.534. The van der Waals surface area contributed by atoms with Crippen molar-refractivity contribution in [2.75, 3.05) is 5.45 Å². The molecule has 1 aromatic carbocycles. The van der Waals surface area contributed by atoms with Crippen LogP contribution in [0.1, 0.15) is 12.5 Å². The van der Waals surface area contributed by atoms with Crippen LogP contribution in [-0.4, -0.2) is 11.5 Å². The first-order valence-electron chi connectivity index (χ1n) is 4.16. The van der Waals surface area contributed by atoms with Gasteiger partial charge in [-0.3, -0.25) is 0 Å². The number of hydrogen-bond acceptors (Lipinski definition) is 1. The molecule has 0 saturated carbocycles. The highest BCUT2D eigenvalue weighted by atomic mass is 79.9. The van der Waals surface area contributed by atoms with E-state index in [-0.39, 0.29) is 0 Å². The second-order valence-corrected chi connectivity index (χ2v) is 3.49. The lowest BCUT2D eigenvalue weighted by Gasteiger charge is -2.10. The molecule has 12 heavy (non-hydrogen) atoms. The summed E-state index contributed by atoms with van der Waals surface area (Å²) in [5.41, 5.74) is 2.25. The highest BCUT2D eigenvalue weighted by Crippen LogP contribution is 2.02. The molecule has 1 rings (SSSR count). The standard InChI is InChI=1S/C10H14BrN/c1-9(12-8-11)7-10-5-3-2-4-6-10/h2-6,9,12H,7-8H2,1H3. The topological polar surface area (TPSA) is 12.0 Å². The van der Waals surface area contributed by atoms with Crippen LogP contribution in [0.25, 0.3) is 0 Å². The van der Waals surface area contributed by atoms with Crippen LogP contribution in [0, 0.1) is 0 Å². The van der Waals surface area contributed by atoms with Crippen molar-refractivity contribution < 1.29 is 0 Å². The van der Waals surface area contributed by atoms with Crippen LogP contribution >= 0.6 is 15.9 Å². The van der Waals surface area contributed by atoms with Gasteiger partial charge in [0.1, 0.15) is 0 Å². The Bertz CT molecular complexity index is 210. The lowest BCUT2D eigenvalue weighted by molar-refractivity contribution is 0.600. The fourth-order valence-corrected chi connectivity index (χ4v) is 1.72. The Kier molecular flexibility index (Phi) is 4.33. The van der Waals surface area contributed by atoms with E-state index in [1.807, 2.05) is 6.07 Å². The number of rotatable bonds is 4. The van der Waals surface area contributed by atoms with Gasteiger partial charge in [0, 0.05) is 6.04 Å². The Labute approximate surface area is 82.3 Å². The molecule has 1 aromatic rings. The Balaban J connectivity index is 2.41. The molecule has 2 heteroatoms. The minimum Gasteiger partial charge on any atom is -0.305 e. The third-order valence-electron chi connectivity index (χ3n) is 1.81. The molecule has 0 fully saturated rings. The Hall–Kier alpha value is -0.340. The Morgan fingerprint density at radius 3 is 2.58 bits per heavy atom. The zero-order chi connectivity index (χ0) is 8.81. The van der Waals surface area contributed by atoms with Crippen LogP contribution in [-0.2, 0) is 6.42 Å². The van der Waals surface area contributed by atoms with E-state index in [0.717, 1.165) is 11.9 Å². The van der Waals surface area contributed by atoms with Crippen LogP contribution in [0.4, 0.5) is 0 Å². The molecular weight excluding hydrogens is 214 g/mol. The minimum absolute atomic E-state index is 0.534. The molecule has 0 radical (unpaired) electrons. The van der Waals surface area contributed by atoms with Gasteiger partial charge < -0.3 is 5.32 Å². The molecule has 0 saturated heterocycles. The summed E-state index contributed by atoms with van der Waals surface area (Å²) in [5, 5.41) is 3.31. The second-order valence-electron chi connectivity index (χ2n) is 2.93. The average molecular weight is 228 g/mol. The summed E-state index contributed by atoms with van der Waals surface area (Å²) in [6.45, 7) is 2.19. The van der Waals surface area contributed by atoms with Crippen molar-refractivity contribution in [3.8, 4) is 0 Å². The molecule has 0 aliphatic rings. The molecule has 1 N–H and O–H groups in total. The molecule has 0 aliphatic carbocycles. The number of hydrogen-bond donors (Lipinski definition) is 1. The van der Waals surface area contributed by atoms with Gasteiger partial charge >= 0.3 is 0 Å². The molecule has 0 heterocycles. The van der Waals surface area contributed by atoms with Gasteiger partial charge in [-0.2, -0.15) is 0 Å². The largest absolute Gasteiger partial charge is 0.305 e. The van der Waals surface area contributed by atoms with E-state index in [1.54, 1.807) is 0 Å². The Morgan fingerprint density at radius 1 is 1.33 bits per heavy atom. The fraction of sp³-hybridized carbons (Fsp3) is 0.400. The highest BCUT2D eigenvalue weighted by Gasteiger charge is 1.99. The van der Waals surface area contributed by atoms with Crippen LogP contribution in [0.2, 0.25) is 0 Å². The maximum atomic E-state index is 3.35. The normalized spacial score (nSPS) is 12.8. The van der Waals surface area contributed by atoms with E-state index < -0.39 is 0 Å². The zero-order valence-electron chi connectivity index (χ0n) is 7.26. The molecule has 0 bridgehead atoms. The van der Waals surface area contributed by atoms with Gasteiger partial charge in [-0.15, -0.1) is 0 Å². The number of alkyl halides is 1. The van der Waals surface area contributed by atoms with Crippen LogP contribution in [0.15, 0.2) is 30.3 Å². The van der Waals surface area contributed by atoms with Gasteiger partial charge in [0.15, 0.2) is 0 Å². The van der Waals surface area contributed by atoms with Crippen molar-refractivity contribution in [2.45, 2.75) is 19.4 Å². The predicted octanol–water partition coefficient (Wildman–Crippen LogP) is 2.56. The third kappa shape index (κ3) is 3.37.